The molecule has 2 N–H and O–H groups in total. The summed E-state index contributed by atoms with van der Waals surface area (Å²) in [5, 5.41) is 3.77. The fourth-order valence-electron chi connectivity index (χ4n) is 0.469. The van der Waals surface area contributed by atoms with Crippen molar-refractivity contribution in [1.82, 2.24) is 0 Å². The smallest absolute Gasteiger partial charge is 0.210 e. The van der Waals surface area contributed by atoms with Gasteiger partial charge in [0.25, 0.3) is 0 Å². The fourth-order valence-corrected chi connectivity index (χ4v) is 0.469. The van der Waals surface area contributed by atoms with Crippen molar-refractivity contribution in [2.75, 3.05) is 0 Å². The number of nitrogens with zero attached hydrogens (tertiary/aromatic N) is 1. The molecule has 0 fully saturated rings. The normalized spacial score (nSPS) is 18.6. The van der Waals surface area contributed by atoms with Crippen molar-refractivity contribution < 1.29 is 10.2 Å². The summed E-state index contributed by atoms with van der Waals surface area (Å²) in [6.07, 6.45) is 3.14. The molecule has 1 aliphatic heterocycles. The minimum Gasteiger partial charge on any atom is -0.287 e. The van der Waals surface area contributed by atoms with Crippen LogP contribution < -0.4 is 5.43 Å². The number of ketones is 1. The molecule has 8 heavy (non-hydrogen) atoms. The highest BCUT2D eigenvalue weighted by atomic mass is 16.1. The number of hydrogen-bond donors (Lipinski definition) is 1. The first kappa shape index (κ1) is 5.18. The predicted octanol–water partition coefficient (Wildman–Crippen LogP) is -0.978. The second-order valence-electron chi connectivity index (χ2n) is 1.59. The van der Waals surface area contributed by atoms with Gasteiger partial charge in [0.15, 0.2) is 0 Å². The van der Waals surface area contributed by atoms with Crippen molar-refractivity contribution in [1.29, 1.82) is 0 Å². The van der Waals surface area contributed by atoms with Crippen molar-refractivity contribution in [3.8, 4) is 0 Å². The minimum absolute atomic E-state index is 0.00694. The Hall–Kier alpha value is -0.960. The molecular weight excluding hydrogens is 104 g/mol. The van der Waals surface area contributed by atoms with E-state index >= 15 is 0 Å². The Morgan fingerprint density at radius 3 is 2.88 bits per heavy atom. The average molecular weight is 111 g/mol. The molecule has 0 amide bonds. The Morgan fingerprint density at radius 1 is 1.75 bits per heavy atom. The third-order valence-electron chi connectivity index (χ3n) is 0.958. The summed E-state index contributed by atoms with van der Waals surface area (Å²) in [7, 11) is 0. The topological polar surface area (TPSA) is 46.0 Å². The van der Waals surface area contributed by atoms with Gasteiger partial charge in [0.1, 0.15) is 11.9 Å². The van der Waals surface area contributed by atoms with E-state index in [2.05, 4.69) is 5.10 Å². The number of allylic oxidation sites excluding steroid dienone is 1. The van der Waals surface area contributed by atoms with Gasteiger partial charge in [-0.1, -0.05) is 5.10 Å². The second kappa shape index (κ2) is 1.88. The van der Waals surface area contributed by atoms with Gasteiger partial charge in [-0.2, -0.15) is 5.43 Å². The lowest BCUT2D eigenvalue weighted by Crippen LogP contribution is -2.73. The lowest BCUT2D eigenvalue weighted by atomic mass is 10.2. The summed E-state index contributed by atoms with van der Waals surface area (Å²) < 4.78 is 0. The monoisotopic (exact) mass is 111 g/mol. The van der Waals surface area contributed by atoms with E-state index in [0.717, 1.165) is 0 Å². The lowest BCUT2D eigenvalue weighted by Gasteiger charge is -1.93. The molecular formula is C5H7N2O+. The minimum atomic E-state index is 0.00694. The zero-order valence-corrected chi connectivity index (χ0v) is 4.59. The quantitative estimate of drug-likeness (QED) is 0.401. The van der Waals surface area contributed by atoms with E-state index in [9.17, 15) is 4.79 Å². The number of nitrogens with two attached hydrogens (primary N) is 1. The average Bonchev–Trinajstić information content (AvgIpc) is 1.77. The first-order chi connectivity index (χ1) is 3.80. The van der Waals surface area contributed by atoms with E-state index in [1.807, 2.05) is 0 Å². The van der Waals surface area contributed by atoms with Gasteiger partial charge in [0.05, 0.1) is 0 Å². The summed E-state index contributed by atoms with van der Waals surface area (Å²) >= 11 is 0. The van der Waals surface area contributed by atoms with Crippen molar-refractivity contribution in [2.24, 2.45) is 5.10 Å². The molecule has 0 saturated carbocycles. The van der Waals surface area contributed by atoms with Crippen LogP contribution in [0.2, 0.25) is 0 Å². The second-order valence-corrected chi connectivity index (χ2v) is 1.59. The number of hydrogen-bond acceptors (Lipinski definition) is 2. The van der Waals surface area contributed by atoms with E-state index in [-0.39, 0.29) is 5.78 Å². The molecule has 0 aliphatic carbocycles. The van der Waals surface area contributed by atoms with Crippen LogP contribution >= 0.6 is 0 Å². The van der Waals surface area contributed by atoms with Crippen molar-refractivity contribution in [2.45, 2.75) is 6.92 Å². The van der Waals surface area contributed by atoms with Crippen LogP contribution in [-0.4, -0.2) is 11.5 Å². The van der Waals surface area contributed by atoms with Gasteiger partial charge in [0.2, 0.25) is 5.78 Å². The number of carbonyl (C=O) groups excluding carboxylic acids is 1. The van der Waals surface area contributed by atoms with E-state index < -0.39 is 0 Å². The molecule has 0 aromatic carbocycles. The van der Waals surface area contributed by atoms with Crippen molar-refractivity contribution in [3.05, 3.63) is 12.3 Å². The maximum Gasteiger partial charge on any atom is 0.210 e. The third-order valence-corrected chi connectivity index (χ3v) is 0.958. The predicted molar refractivity (Wildman–Crippen MR) is 29.2 cm³/mol. The molecule has 1 aliphatic rings. The molecule has 0 unspecified atom stereocenters. The zero-order chi connectivity index (χ0) is 5.98. The Morgan fingerprint density at radius 2 is 2.50 bits per heavy atom. The maximum atomic E-state index is 10.6. The largest absolute Gasteiger partial charge is 0.287 e. The molecule has 0 radical (unpaired) electrons. The van der Waals surface area contributed by atoms with Gasteiger partial charge in [-0.3, -0.25) is 4.79 Å². The van der Waals surface area contributed by atoms with Crippen LogP contribution in [0.4, 0.5) is 0 Å². The summed E-state index contributed by atoms with van der Waals surface area (Å²) in [4.78, 5) is 10.6. The summed E-state index contributed by atoms with van der Waals surface area (Å²) in [6.45, 7) is 1.70. The van der Waals surface area contributed by atoms with Crippen LogP contribution in [0.25, 0.3) is 0 Å². The number of rotatable bonds is 0. The summed E-state index contributed by atoms with van der Waals surface area (Å²) in [5.41, 5.74) is 2.17. The fraction of sp³-hybridized carbons (Fsp3) is 0.200. The van der Waals surface area contributed by atoms with Gasteiger partial charge in [0, 0.05) is 6.08 Å². The first-order valence-corrected chi connectivity index (χ1v) is 2.39. The van der Waals surface area contributed by atoms with Crippen LogP contribution in [-0.2, 0) is 4.79 Å². The van der Waals surface area contributed by atoms with Gasteiger partial charge >= 0.3 is 0 Å². The highest BCUT2D eigenvalue weighted by Gasteiger charge is 2.06. The Bertz CT molecular complexity index is 169. The van der Waals surface area contributed by atoms with Crippen molar-refractivity contribution in [3.63, 3.8) is 0 Å². The molecule has 0 aromatic rings. The van der Waals surface area contributed by atoms with E-state index in [1.165, 1.54) is 6.08 Å². The molecule has 1 heterocycles. The van der Waals surface area contributed by atoms with Crippen LogP contribution in [0.1, 0.15) is 6.92 Å². The van der Waals surface area contributed by atoms with Gasteiger partial charge < -0.3 is 0 Å². The molecule has 0 saturated heterocycles. The van der Waals surface area contributed by atoms with Gasteiger partial charge in [-0.25, -0.2) is 0 Å². The standard InChI is InChI=1S/C5H6N2O/c1-4-5(8)2-3-6-7-4/h2-3H,1H3,(H,6,8)/p+1. The molecule has 3 nitrogen and oxygen atoms in total. The summed E-state index contributed by atoms with van der Waals surface area (Å²) in [5.74, 6) is 0.00694. The SMILES string of the molecule is CC1=N[NH2+]C=CC1=O. The number of quaternary nitrogens is 1. The molecule has 0 atom stereocenters. The number of carbonyl (C=O) groups is 1. The van der Waals surface area contributed by atoms with Crippen LogP contribution in [0, 0.1) is 0 Å². The van der Waals surface area contributed by atoms with Crippen LogP contribution in [0.3, 0.4) is 0 Å². The molecule has 3 heteroatoms. The molecule has 1 rings (SSSR count). The van der Waals surface area contributed by atoms with Gasteiger partial charge in [-0.15, -0.1) is 0 Å². The lowest BCUT2D eigenvalue weighted by molar-refractivity contribution is -0.594. The molecule has 0 spiro atoms. The van der Waals surface area contributed by atoms with E-state index in [0.29, 0.717) is 5.71 Å². The van der Waals surface area contributed by atoms with Crippen LogP contribution in [0.15, 0.2) is 17.4 Å². The molecule has 0 bridgehead atoms. The Balaban J connectivity index is 2.78. The Labute approximate surface area is 47.1 Å². The molecule has 0 aromatic heterocycles. The van der Waals surface area contributed by atoms with Gasteiger partial charge in [-0.05, 0) is 6.92 Å². The highest BCUT2D eigenvalue weighted by Crippen LogP contribution is 1.80. The highest BCUT2D eigenvalue weighted by molar-refractivity contribution is 6.43. The van der Waals surface area contributed by atoms with E-state index in [4.69, 9.17) is 0 Å². The molecule has 42 valence electrons. The first-order valence-electron chi connectivity index (χ1n) is 2.39. The summed E-state index contributed by atoms with van der Waals surface area (Å²) in [6, 6.07) is 0. The maximum absolute atomic E-state index is 10.6. The van der Waals surface area contributed by atoms with E-state index in [1.54, 1.807) is 18.5 Å². The van der Waals surface area contributed by atoms with Crippen LogP contribution in [0.5, 0.6) is 0 Å². The zero-order valence-electron chi connectivity index (χ0n) is 4.59. The third kappa shape index (κ3) is 0.816. The van der Waals surface area contributed by atoms with Crippen molar-refractivity contribution >= 4 is 11.5 Å². The Kier molecular flexibility index (Phi) is 1.22.